The van der Waals surface area contributed by atoms with Crippen molar-refractivity contribution < 1.29 is 12.6 Å². The average Bonchev–Trinajstić information content (AvgIpc) is 2.52. The predicted octanol–water partition coefficient (Wildman–Crippen LogP) is 3.90. The maximum atomic E-state index is 11.5. The molecule has 0 bridgehead atoms. The highest BCUT2D eigenvalue weighted by molar-refractivity contribution is 7.86. The summed E-state index contributed by atoms with van der Waals surface area (Å²) in [6.45, 7) is 1.72. The molecule has 0 saturated carbocycles. The van der Waals surface area contributed by atoms with Gasteiger partial charge in [-0.25, -0.2) is 0 Å². The van der Waals surface area contributed by atoms with E-state index in [-0.39, 0.29) is 5.92 Å². The number of benzene rings is 2. The van der Waals surface area contributed by atoms with Crippen molar-refractivity contribution in [3.63, 3.8) is 0 Å². The quantitative estimate of drug-likeness (QED) is 0.730. The zero-order valence-electron chi connectivity index (χ0n) is 13.4. The van der Waals surface area contributed by atoms with E-state index in [2.05, 4.69) is 6.07 Å². The highest BCUT2D eigenvalue weighted by Crippen LogP contribution is 2.28. The van der Waals surface area contributed by atoms with Gasteiger partial charge in [-0.2, -0.15) is 13.7 Å². The molecule has 0 aromatic heterocycles. The van der Waals surface area contributed by atoms with Crippen molar-refractivity contribution in [2.45, 2.75) is 25.4 Å². The molecule has 0 unspecified atom stereocenters. The summed E-state index contributed by atoms with van der Waals surface area (Å²) in [5.74, 6) is -0.214. The zero-order valence-corrected chi connectivity index (χ0v) is 15.0. The lowest BCUT2D eigenvalue weighted by Crippen LogP contribution is -2.24. The van der Waals surface area contributed by atoms with E-state index in [9.17, 15) is 8.42 Å². The van der Waals surface area contributed by atoms with Crippen molar-refractivity contribution in [1.82, 2.24) is 0 Å². The first kappa shape index (κ1) is 18.5. The minimum Gasteiger partial charge on any atom is -0.267 e. The standard InChI is InChI=1S/C18H18ClNO3S/c1-13(23-24(2,21)22)18(11-14-6-8-17(19)9-7-14)16-5-3-4-15(10-16)12-20/h3-10,13,18H,11H2,1-2H3/t13-,18-/m1/s1. The van der Waals surface area contributed by atoms with Crippen LogP contribution in [0.4, 0.5) is 0 Å². The number of nitriles is 1. The van der Waals surface area contributed by atoms with Crippen molar-refractivity contribution in [2.75, 3.05) is 6.26 Å². The van der Waals surface area contributed by atoms with Gasteiger partial charge in [-0.15, -0.1) is 0 Å². The van der Waals surface area contributed by atoms with Crippen LogP contribution in [0.2, 0.25) is 5.02 Å². The maximum Gasteiger partial charge on any atom is 0.264 e. The van der Waals surface area contributed by atoms with Gasteiger partial charge in [-0.3, -0.25) is 4.18 Å². The molecule has 24 heavy (non-hydrogen) atoms. The van der Waals surface area contributed by atoms with Crippen molar-refractivity contribution in [3.05, 3.63) is 70.2 Å². The predicted molar refractivity (Wildman–Crippen MR) is 94.4 cm³/mol. The average molecular weight is 364 g/mol. The Morgan fingerprint density at radius 3 is 2.46 bits per heavy atom. The van der Waals surface area contributed by atoms with E-state index in [1.54, 1.807) is 37.3 Å². The Balaban J connectivity index is 2.36. The SMILES string of the molecule is C[C@@H](OS(C)(=O)=O)[C@@H](Cc1ccc(Cl)cc1)c1cccc(C#N)c1. The van der Waals surface area contributed by atoms with Crippen LogP contribution in [0.25, 0.3) is 0 Å². The topological polar surface area (TPSA) is 67.2 Å². The summed E-state index contributed by atoms with van der Waals surface area (Å²) in [7, 11) is -3.58. The molecular formula is C18H18ClNO3S. The molecular weight excluding hydrogens is 346 g/mol. The summed E-state index contributed by atoms with van der Waals surface area (Å²) >= 11 is 5.91. The number of hydrogen-bond donors (Lipinski definition) is 0. The Bertz CT molecular complexity index is 841. The molecule has 4 nitrogen and oxygen atoms in total. The molecule has 0 aliphatic carbocycles. The largest absolute Gasteiger partial charge is 0.267 e. The minimum atomic E-state index is -3.58. The van der Waals surface area contributed by atoms with Gasteiger partial charge in [-0.05, 0) is 48.7 Å². The Hall–Kier alpha value is -1.87. The molecule has 0 heterocycles. The fraction of sp³-hybridized carbons (Fsp3) is 0.278. The van der Waals surface area contributed by atoms with E-state index in [0.29, 0.717) is 17.0 Å². The monoisotopic (exact) mass is 363 g/mol. The lowest BCUT2D eigenvalue weighted by Gasteiger charge is -2.24. The van der Waals surface area contributed by atoms with Crippen LogP contribution in [0.5, 0.6) is 0 Å². The smallest absolute Gasteiger partial charge is 0.264 e. The fourth-order valence-corrected chi connectivity index (χ4v) is 3.42. The van der Waals surface area contributed by atoms with Gasteiger partial charge in [0.2, 0.25) is 0 Å². The number of hydrogen-bond acceptors (Lipinski definition) is 4. The molecule has 0 amide bonds. The van der Waals surface area contributed by atoms with Gasteiger partial charge < -0.3 is 0 Å². The van der Waals surface area contributed by atoms with Crippen molar-refractivity contribution in [1.29, 1.82) is 5.26 Å². The summed E-state index contributed by atoms with van der Waals surface area (Å²) in [6.07, 6.45) is 1.04. The van der Waals surface area contributed by atoms with Crippen LogP contribution in [0.1, 0.15) is 29.5 Å². The number of rotatable bonds is 6. The molecule has 2 aromatic carbocycles. The first-order valence-corrected chi connectivity index (χ1v) is 9.60. The summed E-state index contributed by atoms with van der Waals surface area (Å²) in [5, 5.41) is 9.74. The Morgan fingerprint density at radius 2 is 1.88 bits per heavy atom. The van der Waals surface area contributed by atoms with Gasteiger partial charge in [0.25, 0.3) is 10.1 Å². The number of halogens is 1. The lowest BCUT2D eigenvalue weighted by atomic mass is 9.87. The highest BCUT2D eigenvalue weighted by atomic mass is 35.5. The summed E-state index contributed by atoms with van der Waals surface area (Å²) in [5.41, 5.74) is 2.40. The lowest BCUT2D eigenvalue weighted by molar-refractivity contribution is 0.197. The number of nitrogens with zero attached hydrogens (tertiary/aromatic N) is 1. The van der Waals surface area contributed by atoms with E-state index >= 15 is 0 Å². The maximum absolute atomic E-state index is 11.5. The van der Waals surface area contributed by atoms with Crippen LogP contribution in [0.3, 0.4) is 0 Å². The molecule has 0 radical (unpaired) electrons. The van der Waals surface area contributed by atoms with Crippen LogP contribution in [-0.2, 0) is 20.7 Å². The van der Waals surface area contributed by atoms with Gasteiger partial charge in [0, 0.05) is 10.9 Å². The molecule has 2 aromatic rings. The second-order valence-corrected chi connectivity index (χ2v) is 7.72. The van der Waals surface area contributed by atoms with Crippen molar-refractivity contribution in [3.8, 4) is 6.07 Å². The van der Waals surface area contributed by atoms with Crippen LogP contribution in [-0.4, -0.2) is 20.8 Å². The van der Waals surface area contributed by atoms with E-state index in [1.807, 2.05) is 18.2 Å². The molecule has 0 N–H and O–H groups in total. The fourth-order valence-electron chi connectivity index (χ4n) is 2.61. The first-order valence-electron chi connectivity index (χ1n) is 7.41. The Kier molecular flexibility index (Phi) is 6.00. The van der Waals surface area contributed by atoms with Crippen LogP contribution in [0.15, 0.2) is 48.5 Å². The minimum absolute atomic E-state index is 0.214. The van der Waals surface area contributed by atoms with Crippen molar-refractivity contribution >= 4 is 21.7 Å². The van der Waals surface area contributed by atoms with Crippen LogP contribution in [0, 0.1) is 11.3 Å². The second-order valence-electron chi connectivity index (χ2n) is 5.68. The normalized spacial score (nSPS) is 13.9. The van der Waals surface area contributed by atoms with Gasteiger partial charge in [0.05, 0.1) is 24.0 Å². The van der Waals surface area contributed by atoms with Gasteiger partial charge in [-0.1, -0.05) is 35.9 Å². The first-order chi connectivity index (χ1) is 11.3. The van der Waals surface area contributed by atoms with Crippen molar-refractivity contribution in [2.24, 2.45) is 0 Å². The van der Waals surface area contributed by atoms with E-state index < -0.39 is 16.2 Å². The molecule has 126 valence electrons. The second kappa shape index (κ2) is 7.80. The molecule has 0 aliphatic heterocycles. The molecule has 0 fully saturated rings. The third-order valence-corrected chi connectivity index (χ3v) is 4.61. The van der Waals surface area contributed by atoms with E-state index in [0.717, 1.165) is 17.4 Å². The summed E-state index contributed by atoms with van der Waals surface area (Å²) < 4.78 is 28.2. The Morgan fingerprint density at radius 1 is 1.21 bits per heavy atom. The Labute approximate surface area is 147 Å². The van der Waals surface area contributed by atoms with Crippen LogP contribution >= 0.6 is 11.6 Å². The zero-order chi connectivity index (χ0) is 17.7. The molecule has 2 rings (SSSR count). The molecule has 6 heteroatoms. The third kappa shape index (κ3) is 5.34. The van der Waals surface area contributed by atoms with Gasteiger partial charge in [0.15, 0.2) is 0 Å². The van der Waals surface area contributed by atoms with Gasteiger partial charge in [0.1, 0.15) is 0 Å². The van der Waals surface area contributed by atoms with E-state index in [1.165, 1.54) is 0 Å². The van der Waals surface area contributed by atoms with Gasteiger partial charge >= 0.3 is 0 Å². The van der Waals surface area contributed by atoms with E-state index in [4.69, 9.17) is 21.0 Å². The molecule has 0 spiro atoms. The third-order valence-electron chi connectivity index (χ3n) is 3.71. The molecule has 2 atom stereocenters. The molecule has 0 saturated heterocycles. The molecule has 0 aliphatic rings. The van der Waals surface area contributed by atoms with Crippen LogP contribution < -0.4 is 0 Å². The summed E-state index contributed by atoms with van der Waals surface area (Å²) in [4.78, 5) is 0. The summed E-state index contributed by atoms with van der Waals surface area (Å²) in [6, 6.07) is 16.6. The highest BCUT2D eigenvalue weighted by Gasteiger charge is 2.24.